The molecule has 0 aliphatic carbocycles. The van der Waals surface area contributed by atoms with Crippen LogP contribution in [0.25, 0.3) is 21.3 Å². The highest BCUT2D eigenvalue weighted by atomic mass is 16.1. The maximum Gasteiger partial charge on any atom is 0.175 e. The predicted molar refractivity (Wildman–Crippen MR) is 57.1 cm³/mol. The number of aromatic amines is 1. The van der Waals surface area contributed by atoms with Crippen molar-refractivity contribution in [1.29, 1.82) is 0 Å². The number of Topliss-reactive ketones (excluding diaryl/α,β-unsaturated/α-hetero) is 1. The van der Waals surface area contributed by atoms with E-state index in [0.717, 1.165) is 10.9 Å². The fraction of sp³-hybridized carbons (Fsp3) is 0.100. The van der Waals surface area contributed by atoms with Crippen LogP contribution in [0, 0.1) is 0 Å². The zero-order valence-electron chi connectivity index (χ0n) is 8.06. The average Bonchev–Trinajstić information content (AvgIpc) is 2.61. The van der Waals surface area contributed by atoms with E-state index in [4.69, 9.17) is 5.53 Å². The third kappa shape index (κ3) is 1.68. The minimum Gasteiger partial charge on any atom is -0.352 e. The summed E-state index contributed by atoms with van der Waals surface area (Å²) in [5.74, 6) is -0.0171. The molecule has 15 heavy (non-hydrogen) atoms. The van der Waals surface area contributed by atoms with Crippen LogP contribution in [0.3, 0.4) is 0 Å². The highest BCUT2D eigenvalue weighted by molar-refractivity contribution is 5.98. The molecule has 0 aliphatic heterocycles. The molecule has 0 amide bonds. The van der Waals surface area contributed by atoms with Crippen molar-refractivity contribution in [3.05, 3.63) is 40.4 Å². The van der Waals surface area contributed by atoms with Crippen LogP contribution in [-0.2, 0) is 0 Å². The van der Waals surface area contributed by atoms with Gasteiger partial charge in [0.1, 0.15) is 0 Å². The van der Waals surface area contributed by atoms with Crippen molar-refractivity contribution in [3.63, 3.8) is 0 Å². The van der Waals surface area contributed by atoms with Crippen LogP contribution < -0.4 is 0 Å². The standard InChI is InChI=1S/C10H8N4O/c1-6(15)10-5-7-4-8(13-14-11)2-3-9(7)12-10/h2-5,12H,1H3. The Bertz CT molecular complexity index is 578. The van der Waals surface area contributed by atoms with Crippen LogP contribution in [0.15, 0.2) is 29.4 Å². The molecule has 0 saturated carbocycles. The summed E-state index contributed by atoms with van der Waals surface area (Å²) in [6, 6.07) is 6.96. The number of hydrogen-bond donors (Lipinski definition) is 1. The molecule has 0 bridgehead atoms. The number of carbonyl (C=O) groups excluding carboxylic acids is 1. The van der Waals surface area contributed by atoms with Crippen LogP contribution in [0.5, 0.6) is 0 Å². The number of ketones is 1. The van der Waals surface area contributed by atoms with E-state index >= 15 is 0 Å². The molecule has 0 fully saturated rings. The van der Waals surface area contributed by atoms with Crippen molar-refractivity contribution in [2.75, 3.05) is 0 Å². The van der Waals surface area contributed by atoms with Gasteiger partial charge in [-0.2, -0.15) is 0 Å². The van der Waals surface area contributed by atoms with E-state index in [2.05, 4.69) is 15.0 Å². The second-order valence-corrected chi connectivity index (χ2v) is 3.20. The summed E-state index contributed by atoms with van der Waals surface area (Å²) in [4.78, 5) is 16.8. The second-order valence-electron chi connectivity index (χ2n) is 3.20. The first-order chi connectivity index (χ1) is 7.20. The Morgan fingerprint density at radius 2 is 2.27 bits per heavy atom. The average molecular weight is 200 g/mol. The van der Waals surface area contributed by atoms with Gasteiger partial charge in [0, 0.05) is 28.4 Å². The number of aromatic nitrogens is 1. The van der Waals surface area contributed by atoms with Gasteiger partial charge in [-0.1, -0.05) is 11.2 Å². The van der Waals surface area contributed by atoms with Crippen molar-refractivity contribution >= 4 is 22.4 Å². The minimum atomic E-state index is -0.0171. The molecule has 2 rings (SSSR count). The Morgan fingerprint density at radius 1 is 1.47 bits per heavy atom. The van der Waals surface area contributed by atoms with E-state index in [-0.39, 0.29) is 5.78 Å². The van der Waals surface area contributed by atoms with Crippen LogP contribution in [0.4, 0.5) is 5.69 Å². The third-order valence-corrected chi connectivity index (χ3v) is 2.14. The number of nitrogens with zero attached hydrogens (tertiary/aromatic N) is 3. The Hall–Kier alpha value is -2.26. The number of carbonyl (C=O) groups is 1. The lowest BCUT2D eigenvalue weighted by atomic mass is 10.2. The van der Waals surface area contributed by atoms with Crippen molar-refractivity contribution in [1.82, 2.24) is 4.98 Å². The van der Waals surface area contributed by atoms with Gasteiger partial charge in [-0.05, 0) is 23.7 Å². The van der Waals surface area contributed by atoms with Crippen molar-refractivity contribution in [2.45, 2.75) is 6.92 Å². The van der Waals surface area contributed by atoms with Crippen LogP contribution in [0.2, 0.25) is 0 Å². The number of hydrogen-bond acceptors (Lipinski definition) is 2. The van der Waals surface area contributed by atoms with E-state index in [0.29, 0.717) is 11.4 Å². The molecule has 2 aromatic rings. The maximum atomic E-state index is 11.1. The maximum absolute atomic E-state index is 11.1. The highest BCUT2D eigenvalue weighted by Crippen LogP contribution is 2.22. The summed E-state index contributed by atoms with van der Waals surface area (Å²) in [5.41, 5.74) is 10.2. The minimum absolute atomic E-state index is 0.0171. The van der Waals surface area contributed by atoms with E-state index in [1.807, 2.05) is 0 Å². The molecule has 1 N–H and O–H groups in total. The SMILES string of the molecule is CC(=O)c1cc2cc(N=[N+]=[N-])ccc2[nH]1. The van der Waals surface area contributed by atoms with Gasteiger partial charge >= 0.3 is 0 Å². The molecular formula is C10H8N4O. The van der Waals surface area contributed by atoms with Gasteiger partial charge in [0.2, 0.25) is 0 Å². The zero-order chi connectivity index (χ0) is 10.8. The number of benzene rings is 1. The largest absolute Gasteiger partial charge is 0.352 e. The Morgan fingerprint density at radius 3 is 2.93 bits per heavy atom. The molecule has 0 radical (unpaired) electrons. The molecular weight excluding hydrogens is 192 g/mol. The topological polar surface area (TPSA) is 81.6 Å². The molecule has 5 nitrogen and oxygen atoms in total. The Kier molecular flexibility index (Phi) is 2.15. The Labute approximate surface area is 85.3 Å². The number of nitrogens with one attached hydrogen (secondary N) is 1. The first kappa shape index (κ1) is 9.30. The molecule has 0 spiro atoms. The fourth-order valence-electron chi connectivity index (χ4n) is 1.42. The highest BCUT2D eigenvalue weighted by Gasteiger charge is 2.04. The quantitative estimate of drug-likeness (QED) is 0.343. The van der Waals surface area contributed by atoms with E-state index in [1.54, 1.807) is 24.3 Å². The molecule has 0 atom stereocenters. The van der Waals surface area contributed by atoms with Crippen LogP contribution >= 0.6 is 0 Å². The summed E-state index contributed by atoms with van der Waals surface area (Å²) in [5, 5.41) is 4.36. The van der Waals surface area contributed by atoms with Crippen LogP contribution in [-0.4, -0.2) is 10.8 Å². The van der Waals surface area contributed by atoms with Gasteiger partial charge in [0.05, 0.1) is 5.69 Å². The van der Waals surface area contributed by atoms with Gasteiger partial charge < -0.3 is 4.98 Å². The van der Waals surface area contributed by atoms with Gasteiger partial charge in [-0.25, -0.2) is 0 Å². The lowest BCUT2D eigenvalue weighted by molar-refractivity contribution is 0.101. The molecule has 1 aromatic carbocycles. The van der Waals surface area contributed by atoms with Crippen LogP contribution in [0.1, 0.15) is 17.4 Å². The van der Waals surface area contributed by atoms with E-state index in [9.17, 15) is 4.79 Å². The number of azide groups is 1. The smallest absolute Gasteiger partial charge is 0.175 e. The molecule has 0 saturated heterocycles. The van der Waals surface area contributed by atoms with Gasteiger partial charge in [0.15, 0.2) is 5.78 Å². The lowest BCUT2D eigenvalue weighted by Gasteiger charge is -1.90. The molecule has 0 aliphatic rings. The number of H-pyrrole nitrogens is 1. The molecule has 5 heteroatoms. The fourth-order valence-corrected chi connectivity index (χ4v) is 1.42. The summed E-state index contributed by atoms with van der Waals surface area (Å²) >= 11 is 0. The molecule has 1 aromatic heterocycles. The van der Waals surface area contributed by atoms with Gasteiger partial charge in [-0.3, -0.25) is 4.79 Å². The van der Waals surface area contributed by atoms with Crippen molar-refractivity contribution in [3.8, 4) is 0 Å². The normalized spacial score (nSPS) is 9.93. The molecule has 0 unspecified atom stereocenters. The van der Waals surface area contributed by atoms with Crippen molar-refractivity contribution < 1.29 is 4.79 Å². The van der Waals surface area contributed by atoms with Gasteiger partial charge in [-0.15, -0.1) is 0 Å². The third-order valence-electron chi connectivity index (χ3n) is 2.14. The number of rotatable bonds is 2. The predicted octanol–water partition coefficient (Wildman–Crippen LogP) is 3.31. The number of fused-ring (bicyclic) bond motifs is 1. The lowest BCUT2D eigenvalue weighted by Crippen LogP contribution is -1.89. The summed E-state index contributed by atoms with van der Waals surface area (Å²) in [6.45, 7) is 1.50. The van der Waals surface area contributed by atoms with Gasteiger partial charge in [0.25, 0.3) is 0 Å². The second kappa shape index (κ2) is 3.48. The van der Waals surface area contributed by atoms with E-state index in [1.165, 1.54) is 6.92 Å². The summed E-state index contributed by atoms with van der Waals surface area (Å²) < 4.78 is 0. The zero-order valence-corrected chi connectivity index (χ0v) is 8.06. The van der Waals surface area contributed by atoms with E-state index < -0.39 is 0 Å². The Balaban J connectivity index is 2.61. The summed E-state index contributed by atoms with van der Waals surface area (Å²) in [6.07, 6.45) is 0. The molecule has 1 heterocycles. The monoisotopic (exact) mass is 200 g/mol. The first-order valence-electron chi connectivity index (χ1n) is 4.39. The molecule has 74 valence electrons. The summed E-state index contributed by atoms with van der Waals surface area (Å²) in [7, 11) is 0. The van der Waals surface area contributed by atoms with Crippen molar-refractivity contribution in [2.24, 2.45) is 5.11 Å². The first-order valence-corrected chi connectivity index (χ1v) is 4.39.